The lowest BCUT2D eigenvalue weighted by molar-refractivity contribution is 0.400. The molecule has 5 heteroatoms. The Kier molecular flexibility index (Phi) is 3.63. The second kappa shape index (κ2) is 5.60. The lowest BCUT2D eigenvalue weighted by Gasteiger charge is -2.11. The molecule has 5 nitrogen and oxygen atoms in total. The van der Waals surface area contributed by atoms with Gasteiger partial charge in [0.15, 0.2) is 0 Å². The Hall–Kier alpha value is -2.69. The van der Waals surface area contributed by atoms with Crippen LogP contribution in [-0.4, -0.2) is 15.2 Å². The van der Waals surface area contributed by atoms with Gasteiger partial charge in [0.1, 0.15) is 0 Å². The first-order valence-electron chi connectivity index (χ1n) is 7.15. The molecule has 3 aromatic rings. The van der Waals surface area contributed by atoms with E-state index in [1.165, 1.54) is 0 Å². The van der Waals surface area contributed by atoms with E-state index in [-0.39, 0.29) is 5.41 Å². The van der Waals surface area contributed by atoms with E-state index in [0.29, 0.717) is 11.9 Å². The number of hydrogen-bond donors (Lipinski definition) is 1. The van der Waals surface area contributed by atoms with Crippen molar-refractivity contribution in [3.63, 3.8) is 0 Å². The molecule has 0 bridgehead atoms. The fraction of sp³-hybridized carbons (Fsp3) is 0.235. The fourth-order valence-corrected chi connectivity index (χ4v) is 1.95. The van der Waals surface area contributed by atoms with Gasteiger partial charge in [0, 0.05) is 11.0 Å². The Morgan fingerprint density at radius 1 is 0.955 bits per heavy atom. The predicted octanol–water partition coefficient (Wildman–Crippen LogP) is 4.17. The van der Waals surface area contributed by atoms with Gasteiger partial charge in [-0.3, -0.25) is 4.98 Å². The molecule has 0 aliphatic carbocycles. The topological polar surface area (TPSA) is 63.8 Å². The number of rotatable bonds is 3. The van der Waals surface area contributed by atoms with E-state index < -0.39 is 0 Å². The lowest BCUT2D eigenvalue weighted by Crippen LogP contribution is -2.11. The first-order chi connectivity index (χ1) is 10.5. The molecule has 2 heterocycles. The van der Waals surface area contributed by atoms with Crippen LogP contribution >= 0.6 is 0 Å². The minimum atomic E-state index is -0.164. The number of benzene rings is 1. The van der Waals surface area contributed by atoms with Gasteiger partial charge in [-0.05, 0) is 12.1 Å². The molecule has 0 spiro atoms. The average Bonchev–Trinajstić information content (AvgIpc) is 2.98. The van der Waals surface area contributed by atoms with Crippen molar-refractivity contribution in [1.29, 1.82) is 0 Å². The van der Waals surface area contributed by atoms with Crippen LogP contribution in [0.5, 0.6) is 0 Å². The van der Waals surface area contributed by atoms with Gasteiger partial charge in [-0.15, -0.1) is 5.10 Å². The largest absolute Gasteiger partial charge is 0.407 e. The first kappa shape index (κ1) is 14.3. The van der Waals surface area contributed by atoms with Crippen LogP contribution in [0.25, 0.3) is 11.3 Å². The van der Waals surface area contributed by atoms with Gasteiger partial charge >= 0.3 is 6.01 Å². The molecular formula is C17H18N4O. The molecule has 0 unspecified atom stereocenters. The molecule has 3 rings (SSSR count). The standard InChI is InChI=1S/C17H18N4O/c1-17(2,3)15-20-21-16(22-15)19-13-9-10-14(18-11-13)12-7-5-4-6-8-12/h4-11H,1-3H3,(H,19,21). The maximum Gasteiger partial charge on any atom is 0.320 e. The highest BCUT2D eigenvalue weighted by molar-refractivity contribution is 5.62. The van der Waals surface area contributed by atoms with Crippen molar-refractivity contribution in [2.45, 2.75) is 26.2 Å². The third kappa shape index (κ3) is 3.14. The van der Waals surface area contributed by atoms with Crippen molar-refractivity contribution in [2.75, 3.05) is 5.32 Å². The summed E-state index contributed by atoms with van der Waals surface area (Å²) < 4.78 is 5.61. The molecule has 1 aromatic carbocycles. The molecule has 0 saturated carbocycles. The molecule has 22 heavy (non-hydrogen) atoms. The highest BCUT2D eigenvalue weighted by atomic mass is 16.4. The van der Waals surface area contributed by atoms with Crippen LogP contribution in [0, 0.1) is 0 Å². The quantitative estimate of drug-likeness (QED) is 0.785. The third-order valence-electron chi connectivity index (χ3n) is 3.15. The van der Waals surface area contributed by atoms with Crippen LogP contribution in [0.3, 0.4) is 0 Å². The smallest absolute Gasteiger partial charge is 0.320 e. The minimum Gasteiger partial charge on any atom is -0.407 e. The van der Waals surface area contributed by atoms with E-state index in [0.717, 1.165) is 16.9 Å². The highest BCUT2D eigenvalue weighted by Gasteiger charge is 2.21. The minimum absolute atomic E-state index is 0.164. The van der Waals surface area contributed by atoms with Crippen molar-refractivity contribution in [3.8, 4) is 11.3 Å². The van der Waals surface area contributed by atoms with Gasteiger partial charge in [0.25, 0.3) is 0 Å². The van der Waals surface area contributed by atoms with Crippen LogP contribution in [0.1, 0.15) is 26.7 Å². The Morgan fingerprint density at radius 2 is 1.73 bits per heavy atom. The van der Waals surface area contributed by atoms with Crippen molar-refractivity contribution in [3.05, 3.63) is 54.6 Å². The van der Waals surface area contributed by atoms with E-state index in [1.54, 1.807) is 6.20 Å². The van der Waals surface area contributed by atoms with Crippen LogP contribution in [0.2, 0.25) is 0 Å². The maximum absolute atomic E-state index is 5.61. The van der Waals surface area contributed by atoms with Crippen molar-refractivity contribution >= 4 is 11.7 Å². The number of hydrogen-bond acceptors (Lipinski definition) is 5. The zero-order chi connectivity index (χ0) is 15.6. The molecule has 0 amide bonds. The Morgan fingerprint density at radius 3 is 2.32 bits per heavy atom. The summed E-state index contributed by atoms with van der Waals surface area (Å²) in [5, 5.41) is 11.1. The zero-order valence-corrected chi connectivity index (χ0v) is 12.9. The molecule has 112 valence electrons. The van der Waals surface area contributed by atoms with Crippen molar-refractivity contribution < 1.29 is 4.42 Å². The summed E-state index contributed by atoms with van der Waals surface area (Å²) in [4.78, 5) is 4.45. The molecule has 0 fully saturated rings. The molecule has 0 atom stereocenters. The average molecular weight is 294 g/mol. The predicted molar refractivity (Wildman–Crippen MR) is 86.0 cm³/mol. The summed E-state index contributed by atoms with van der Waals surface area (Å²) in [6.07, 6.45) is 1.75. The molecule has 2 aromatic heterocycles. The van der Waals surface area contributed by atoms with Crippen LogP contribution in [0.4, 0.5) is 11.7 Å². The Bertz CT molecular complexity index is 742. The number of aromatic nitrogens is 3. The number of nitrogens with zero attached hydrogens (tertiary/aromatic N) is 3. The van der Waals surface area contributed by atoms with Gasteiger partial charge in [-0.2, -0.15) is 0 Å². The zero-order valence-electron chi connectivity index (χ0n) is 12.9. The summed E-state index contributed by atoms with van der Waals surface area (Å²) in [6, 6.07) is 14.3. The molecule has 0 radical (unpaired) electrons. The molecule has 0 saturated heterocycles. The van der Waals surface area contributed by atoms with Crippen LogP contribution < -0.4 is 5.32 Å². The molecule has 0 aliphatic heterocycles. The van der Waals surface area contributed by atoms with E-state index >= 15 is 0 Å². The Labute approximate surface area is 129 Å². The summed E-state index contributed by atoms with van der Waals surface area (Å²) in [7, 11) is 0. The van der Waals surface area contributed by atoms with Crippen molar-refractivity contribution in [1.82, 2.24) is 15.2 Å². The van der Waals surface area contributed by atoms with Crippen molar-refractivity contribution in [2.24, 2.45) is 0 Å². The second-order valence-electron chi connectivity index (χ2n) is 6.09. The van der Waals surface area contributed by atoms with Crippen LogP contribution in [0.15, 0.2) is 53.1 Å². The van der Waals surface area contributed by atoms with E-state index in [4.69, 9.17) is 4.42 Å². The van der Waals surface area contributed by atoms with Gasteiger partial charge in [-0.1, -0.05) is 56.2 Å². The third-order valence-corrected chi connectivity index (χ3v) is 3.15. The summed E-state index contributed by atoms with van der Waals surface area (Å²) in [6.45, 7) is 6.08. The number of nitrogens with one attached hydrogen (secondary N) is 1. The number of anilines is 2. The van der Waals surface area contributed by atoms with E-state index in [9.17, 15) is 0 Å². The fourth-order valence-electron chi connectivity index (χ4n) is 1.95. The molecule has 1 N–H and O–H groups in total. The molecule has 0 aliphatic rings. The first-order valence-corrected chi connectivity index (χ1v) is 7.15. The SMILES string of the molecule is CC(C)(C)c1nnc(Nc2ccc(-c3ccccc3)nc2)o1. The summed E-state index contributed by atoms with van der Waals surface area (Å²) >= 11 is 0. The van der Waals surface area contributed by atoms with Gasteiger partial charge < -0.3 is 9.73 Å². The van der Waals surface area contributed by atoms with Crippen LogP contribution in [-0.2, 0) is 5.41 Å². The van der Waals surface area contributed by atoms with Gasteiger partial charge in [0.05, 0.1) is 17.6 Å². The van der Waals surface area contributed by atoms with E-state index in [1.807, 2.05) is 63.2 Å². The highest BCUT2D eigenvalue weighted by Crippen LogP contribution is 2.24. The lowest BCUT2D eigenvalue weighted by atomic mass is 9.97. The number of pyridine rings is 1. The molecular weight excluding hydrogens is 276 g/mol. The van der Waals surface area contributed by atoms with E-state index in [2.05, 4.69) is 20.5 Å². The van der Waals surface area contributed by atoms with Gasteiger partial charge in [-0.25, -0.2) is 0 Å². The van der Waals surface area contributed by atoms with Gasteiger partial charge in [0.2, 0.25) is 5.89 Å². The monoisotopic (exact) mass is 294 g/mol. The summed E-state index contributed by atoms with van der Waals surface area (Å²) in [5.74, 6) is 0.601. The second-order valence-corrected chi connectivity index (χ2v) is 6.09. The normalized spacial score (nSPS) is 11.4. The maximum atomic E-state index is 5.61. The Balaban J connectivity index is 1.75. The summed E-state index contributed by atoms with van der Waals surface area (Å²) in [5.41, 5.74) is 2.65.